The van der Waals surface area contributed by atoms with Gasteiger partial charge in [0.1, 0.15) is 0 Å². The van der Waals surface area contributed by atoms with Crippen LogP contribution in [0.25, 0.3) is 0 Å². The van der Waals surface area contributed by atoms with Gasteiger partial charge in [-0.05, 0) is 50.9 Å². The van der Waals surface area contributed by atoms with Crippen molar-refractivity contribution in [3.63, 3.8) is 0 Å². The van der Waals surface area contributed by atoms with Crippen molar-refractivity contribution >= 4 is 5.91 Å². The van der Waals surface area contributed by atoms with E-state index in [1.165, 1.54) is 0 Å². The number of nitrogens with two attached hydrogens (primary N) is 1. The molecule has 19 heavy (non-hydrogen) atoms. The number of hydrogen-bond donors (Lipinski definition) is 2. The van der Waals surface area contributed by atoms with Crippen LogP contribution in [-0.2, 0) is 4.79 Å². The number of carbonyl (C=O) groups excluding carboxylic acids is 1. The summed E-state index contributed by atoms with van der Waals surface area (Å²) in [4.78, 5) is 12.5. The third kappa shape index (κ3) is 5.52. The first-order chi connectivity index (χ1) is 8.50. The Morgan fingerprint density at radius 1 is 1.21 bits per heavy atom. The molecule has 0 spiro atoms. The summed E-state index contributed by atoms with van der Waals surface area (Å²) in [6.45, 7) is 13.0. The van der Waals surface area contributed by atoms with Crippen LogP contribution in [0.5, 0.6) is 0 Å². The SMILES string of the molecule is CC1CCC(N)C(C(=O)NC(C)(C)CC(C)(C)C)C1. The van der Waals surface area contributed by atoms with E-state index >= 15 is 0 Å². The Hall–Kier alpha value is -0.570. The van der Waals surface area contributed by atoms with Gasteiger partial charge in [-0.2, -0.15) is 0 Å². The molecular weight excluding hydrogens is 236 g/mol. The van der Waals surface area contributed by atoms with E-state index in [1.807, 2.05) is 0 Å². The van der Waals surface area contributed by atoms with Gasteiger partial charge in [0.2, 0.25) is 5.91 Å². The molecule has 0 bridgehead atoms. The minimum atomic E-state index is -0.171. The van der Waals surface area contributed by atoms with E-state index in [4.69, 9.17) is 5.73 Å². The maximum absolute atomic E-state index is 12.5. The summed E-state index contributed by atoms with van der Waals surface area (Å²) in [6, 6.07) is 0.0293. The van der Waals surface area contributed by atoms with Crippen LogP contribution in [0.1, 0.15) is 67.2 Å². The fourth-order valence-corrected chi connectivity index (χ4v) is 3.50. The van der Waals surface area contributed by atoms with Crippen LogP contribution >= 0.6 is 0 Å². The molecule has 0 saturated heterocycles. The molecule has 0 heterocycles. The Morgan fingerprint density at radius 3 is 2.32 bits per heavy atom. The zero-order valence-corrected chi connectivity index (χ0v) is 13.5. The second-order valence-electron chi connectivity index (χ2n) is 8.30. The average molecular weight is 268 g/mol. The molecular formula is C16H32N2O. The van der Waals surface area contributed by atoms with Gasteiger partial charge in [0.05, 0.1) is 5.92 Å². The number of hydrogen-bond acceptors (Lipinski definition) is 2. The normalized spacial score (nSPS) is 29.1. The quantitative estimate of drug-likeness (QED) is 0.826. The van der Waals surface area contributed by atoms with Crippen LogP contribution in [0.15, 0.2) is 0 Å². The van der Waals surface area contributed by atoms with Crippen molar-refractivity contribution in [2.45, 2.75) is 78.8 Å². The second-order valence-corrected chi connectivity index (χ2v) is 8.30. The summed E-state index contributed by atoms with van der Waals surface area (Å²) in [5, 5.41) is 3.21. The fraction of sp³-hybridized carbons (Fsp3) is 0.938. The molecule has 1 saturated carbocycles. The van der Waals surface area contributed by atoms with Crippen LogP contribution < -0.4 is 11.1 Å². The van der Waals surface area contributed by atoms with E-state index in [-0.39, 0.29) is 28.8 Å². The van der Waals surface area contributed by atoms with E-state index < -0.39 is 0 Å². The van der Waals surface area contributed by atoms with Crippen molar-refractivity contribution in [3.05, 3.63) is 0 Å². The van der Waals surface area contributed by atoms with Crippen LogP contribution in [0.3, 0.4) is 0 Å². The van der Waals surface area contributed by atoms with E-state index in [1.54, 1.807) is 0 Å². The monoisotopic (exact) mass is 268 g/mol. The summed E-state index contributed by atoms with van der Waals surface area (Å²) < 4.78 is 0. The lowest BCUT2D eigenvalue weighted by atomic mass is 9.77. The molecule has 3 atom stereocenters. The lowest BCUT2D eigenvalue weighted by Gasteiger charge is -2.37. The minimum Gasteiger partial charge on any atom is -0.351 e. The molecule has 0 aliphatic heterocycles. The van der Waals surface area contributed by atoms with E-state index in [0.29, 0.717) is 5.92 Å². The highest BCUT2D eigenvalue weighted by molar-refractivity contribution is 5.80. The molecule has 0 aromatic heterocycles. The summed E-state index contributed by atoms with van der Waals surface area (Å²) in [7, 11) is 0. The Kier molecular flexibility index (Phi) is 5.05. The van der Waals surface area contributed by atoms with Gasteiger partial charge in [0.15, 0.2) is 0 Å². The van der Waals surface area contributed by atoms with Gasteiger partial charge in [0.25, 0.3) is 0 Å². The molecule has 1 amide bonds. The highest BCUT2D eigenvalue weighted by Gasteiger charge is 2.35. The summed E-state index contributed by atoms with van der Waals surface area (Å²) in [6.07, 6.45) is 4.01. The molecule has 0 radical (unpaired) electrons. The van der Waals surface area contributed by atoms with Crippen molar-refractivity contribution in [3.8, 4) is 0 Å². The third-order valence-electron chi connectivity index (χ3n) is 3.94. The zero-order chi connectivity index (χ0) is 14.8. The molecule has 3 heteroatoms. The van der Waals surface area contributed by atoms with Gasteiger partial charge in [-0.25, -0.2) is 0 Å². The van der Waals surface area contributed by atoms with Gasteiger partial charge in [-0.1, -0.05) is 27.7 Å². The van der Waals surface area contributed by atoms with E-state index in [2.05, 4.69) is 46.9 Å². The molecule has 1 fully saturated rings. The number of rotatable bonds is 3. The van der Waals surface area contributed by atoms with Crippen molar-refractivity contribution in [1.82, 2.24) is 5.32 Å². The number of nitrogens with one attached hydrogen (secondary N) is 1. The van der Waals surface area contributed by atoms with Gasteiger partial charge < -0.3 is 11.1 Å². The highest BCUT2D eigenvalue weighted by atomic mass is 16.2. The Bertz CT molecular complexity index is 317. The Labute approximate surface area is 118 Å². The molecule has 3 N–H and O–H groups in total. The smallest absolute Gasteiger partial charge is 0.225 e. The molecule has 3 unspecified atom stereocenters. The molecule has 1 aliphatic rings. The van der Waals surface area contributed by atoms with Gasteiger partial charge in [-0.3, -0.25) is 4.79 Å². The van der Waals surface area contributed by atoms with Crippen LogP contribution in [-0.4, -0.2) is 17.5 Å². The highest BCUT2D eigenvalue weighted by Crippen LogP contribution is 2.30. The Morgan fingerprint density at radius 2 is 1.79 bits per heavy atom. The number of carbonyl (C=O) groups is 1. The lowest BCUT2D eigenvalue weighted by molar-refractivity contribution is -0.128. The minimum absolute atomic E-state index is 0.0111. The molecule has 3 nitrogen and oxygen atoms in total. The summed E-state index contributed by atoms with van der Waals surface area (Å²) in [5.74, 6) is 0.748. The van der Waals surface area contributed by atoms with Gasteiger partial charge in [0, 0.05) is 11.6 Å². The largest absolute Gasteiger partial charge is 0.351 e. The molecule has 0 aromatic carbocycles. The van der Waals surface area contributed by atoms with Crippen molar-refractivity contribution in [2.24, 2.45) is 23.0 Å². The van der Waals surface area contributed by atoms with Crippen LogP contribution in [0, 0.1) is 17.3 Å². The molecule has 0 aromatic rings. The van der Waals surface area contributed by atoms with Crippen LogP contribution in [0.4, 0.5) is 0 Å². The fourth-order valence-electron chi connectivity index (χ4n) is 3.50. The molecule has 112 valence electrons. The molecule has 1 aliphatic carbocycles. The van der Waals surface area contributed by atoms with Crippen LogP contribution in [0.2, 0.25) is 0 Å². The first-order valence-electron chi connectivity index (χ1n) is 7.58. The number of amides is 1. The van der Waals surface area contributed by atoms with E-state index in [9.17, 15) is 4.79 Å². The Balaban J connectivity index is 2.62. The van der Waals surface area contributed by atoms with Crippen molar-refractivity contribution in [2.75, 3.05) is 0 Å². The topological polar surface area (TPSA) is 55.1 Å². The van der Waals surface area contributed by atoms with Gasteiger partial charge in [-0.15, -0.1) is 0 Å². The summed E-state index contributed by atoms with van der Waals surface area (Å²) >= 11 is 0. The maximum Gasteiger partial charge on any atom is 0.225 e. The van der Waals surface area contributed by atoms with Crippen molar-refractivity contribution in [1.29, 1.82) is 0 Å². The first-order valence-corrected chi connectivity index (χ1v) is 7.58. The predicted molar refractivity (Wildman–Crippen MR) is 80.8 cm³/mol. The second kappa shape index (κ2) is 5.82. The third-order valence-corrected chi connectivity index (χ3v) is 3.94. The maximum atomic E-state index is 12.5. The first kappa shape index (κ1) is 16.5. The average Bonchev–Trinajstić information content (AvgIpc) is 2.16. The van der Waals surface area contributed by atoms with Gasteiger partial charge >= 0.3 is 0 Å². The lowest BCUT2D eigenvalue weighted by Crippen LogP contribution is -2.52. The van der Waals surface area contributed by atoms with Crippen molar-refractivity contribution < 1.29 is 4.79 Å². The van der Waals surface area contributed by atoms with E-state index in [0.717, 1.165) is 25.7 Å². The predicted octanol–water partition coefficient (Wildman–Crippen LogP) is 3.08. The zero-order valence-electron chi connectivity index (χ0n) is 13.5. The molecule has 1 rings (SSSR count). The summed E-state index contributed by atoms with van der Waals surface area (Å²) in [5.41, 5.74) is 6.16. The standard InChI is InChI=1S/C16H32N2O/c1-11-7-8-13(17)12(9-11)14(19)18-16(5,6)10-15(2,3)4/h11-13H,7-10,17H2,1-6H3,(H,18,19).